The normalized spacial score (nSPS) is 24.1. The van der Waals surface area contributed by atoms with E-state index in [4.69, 9.17) is 9.47 Å². The summed E-state index contributed by atoms with van der Waals surface area (Å²) in [5.41, 5.74) is 3.43. The Morgan fingerprint density at radius 1 is 1.26 bits per heavy atom. The van der Waals surface area contributed by atoms with E-state index in [0.717, 1.165) is 37.0 Å². The van der Waals surface area contributed by atoms with Crippen molar-refractivity contribution in [2.45, 2.75) is 43.9 Å². The van der Waals surface area contributed by atoms with Crippen molar-refractivity contribution in [3.8, 4) is 5.75 Å². The quantitative estimate of drug-likeness (QED) is 0.870. The maximum atomic E-state index is 12.7. The number of ether oxygens (including phenoxy) is 2. The summed E-state index contributed by atoms with van der Waals surface area (Å²) in [7, 11) is 1.68. The number of fused-ring (bicyclic) bond motifs is 1. The van der Waals surface area contributed by atoms with Crippen LogP contribution in [-0.2, 0) is 11.2 Å². The van der Waals surface area contributed by atoms with Crippen LogP contribution in [0.5, 0.6) is 5.75 Å². The highest BCUT2D eigenvalue weighted by atomic mass is 16.5. The summed E-state index contributed by atoms with van der Waals surface area (Å²) in [6, 6.07) is 9.81. The third kappa shape index (κ3) is 3.90. The number of pyridine rings is 1. The molecule has 1 aromatic heterocycles. The van der Waals surface area contributed by atoms with Crippen LogP contribution in [0.2, 0.25) is 0 Å². The third-order valence-corrected chi connectivity index (χ3v) is 5.39. The maximum absolute atomic E-state index is 12.7. The summed E-state index contributed by atoms with van der Waals surface area (Å²) in [5, 5.41) is 6.25. The summed E-state index contributed by atoms with van der Waals surface area (Å²) in [5.74, 6) is 0.862. The summed E-state index contributed by atoms with van der Waals surface area (Å²) in [4.78, 5) is 16.8. The smallest absolute Gasteiger partial charge is 0.315 e. The fraction of sp³-hybridized carbons (Fsp3) is 0.429. The van der Waals surface area contributed by atoms with E-state index in [1.54, 1.807) is 19.5 Å². The van der Waals surface area contributed by atoms with Crippen molar-refractivity contribution in [2.24, 2.45) is 0 Å². The Kier molecular flexibility index (Phi) is 5.25. The molecule has 1 saturated heterocycles. The number of methoxy groups -OCH3 is 1. The third-order valence-electron chi connectivity index (χ3n) is 5.39. The van der Waals surface area contributed by atoms with E-state index in [1.807, 2.05) is 18.2 Å². The second-order valence-corrected chi connectivity index (χ2v) is 7.10. The standard InChI is InChI=1S/C21H25N3O3/c1-26-16-7-8-17-14(12-16)4-2-6-18(17)23-21(25)24-19-9-11-27-20(19)15-5-3-10-22-13-15/h3,5,7-8,10,12-13,18-20H,2,4,6,9,11H2,1H3,(H2,23,24,25)/t18?,19-,20+/m1/s1. The Bertz CT molecular complexity index is 797. The molecule has 2 N–H and O–H groups in total. The molecular formula is C21H25N3O3. The molecule has 0 spiro atoms. The number of amides is 2. The minimum atomic E-state index is -0.146. The lowest BCUT2D eigenvalue weighted by atomic mass is 9.87. The Balaban J connectivity index is 1.42. The zero-order chi connectivity index (χ0) is 18.6. The topological polar surface area (TPSA) is 72.5 Å². The number of aromatic nitrogens is 1. The number of hydrogen-bond donors (Lipinski definition) is 2. The first-order valence-corrected chi connectivity index (χ1v) is 9.50. The minimum absolute atomic E-state index is 0.0267. The van der Waals surface area contributed by atoms with E-state index < -0.39 is 0 Å². The Morgan fingerprint density at radius 2 is 2.19 bits per heavy atom. The SMILES string of the molecule is COc1ccc2c(c1)CCCC2NC(=O)N[C@@H]1CCO[C@H]1c1cccnc1. The van der Waals surface area contributed by atoms with Crippen molar-refractivity contribution in [3.05, 3.63) is 59.4 Å². The fourth-order valence-corrected chi connectivity index (χ4v) is 4.05. The number of nitrogens with one attached hydrogen (secondary N) is 2. The van der Waals surface area contributed by atoms with E-state index in [-0.39, 0.29) is 24.2 Å². The van der Waals surface area contributed by atoms with Crippen LogP contribution in [-0.4, -0.2) is 30.8 Å². The largest absolute Gasteiger partial charge is 0.497 e. The molecule has 2 amide bonds. The molecule has 1 aromatic carbocycles. The van der Waals surface area contributed by atoms with Crippen molar-refractivity contribution in [2.75, 3.05) is 13.7 Å². The highest BCUT2D eigenvalue weighted by Crippen LogP contribution is 2.32. The van der Waals surface area contributed by atoms with Gasteiger partial charge in [-0.2, -0.15) is 0 Å². The molecule has 3 atom stereocenters. The van der Waals surface area contributed by atoms with Gasteiger partial charge in [0.25, 0.3) is 0 Å². The van der Waals surface area contributed by atoms with E-state index >= 15 is 0 Å². The molecule has 4 rings (SSSR count). The monoisotopic (exact) mass is 367 g/mol. The Hall–Kier alpha value is -2.60. The molecule has 0 saturated carbocycles. The molecule has 2 aromatic rings. The van der Waals surface area contributed by atoms with E-state index in [0.29, 0.717) is 6.61 Å². The highest BCUT2D eigenvalue weighted by Gasteiger charge is 2.32. The van der Waals surface area contributed by atoms with Crippen LogP contribution in [0, 0.1) is 0 Å². The molecule has 27 heavy (non-hydrogen) atoms. The summed E-state index contributed by atoms with van der Waals surface area (Å²) in [6.45, 7) is 0.635. The number of carbonyl (C=O) groups is 1. The highest BCUT2D eigenvalue weighted by molar-refractivity contribution is 5.75. The first-order chi connectivity index (χ1) is 13.2. The lowest BCUT2D eigenvalue weighted by Crippen LogP contribution is -2.45. The van der Waals surface area contributed by atoms with Gasteiger partial charge in [-0.25, -0.2) is 4.79 Å². The second kappa shape index (κ2) is 7.96. The van der Waals surface area contributed by atoms with Crippen LogP contribution in [0.4, 0.5) is 4.79 Å². The molecule has 1 fully saturated rings. The summed E-state index contributed by atoms with van der Waals surface area (Å²) in [6.07, 6.45) is 7.20. The molecule has 0 radical (unpaired) electrons. The van der Waals surface area contributed by atoms with E-state index in [9.17, 15) is 4.79 Å². The Labute approximate surface area is 159 Å². The van der Waals surface area contributed by atoms with E-state index in [2.05, 4.69) is 27.8 Å². The number of aryl methyl sites for hydroxylation is 1. The molecule has 1 unspecified atom stereocenters. The van der Waals surface area contributed by atoms with Crippen molar-refractivity contribution in [1.29, 1.82) is 0 Å². The van der Waals surface area contributed by atoms with Crippen LogP contribution < -0.4 is 15.4 Å². The van der Waals surface area contributed by atoms with Crippen LogP contribution in [0.1, 0.15) is 48.1 Å². The molecule has 142 valence electrons. The molecule has 1 aliphatic heterocycles. The lowest BCUT2D eigenvalue weighted by molar-refractivity contribution is 0.0995. The van der Waals surface area contributed by atoms with Gasteiger partial charge in [0.1, 0.15) is 11.9 Å². The van der Waals surface area contributed by atoms with Crippen LogP contribution >= 0.6 is 0 Å². The zero-order valence-electron chi connectivity index (χ0n) is 15.5. The maximum Gasteiger partial charge on any atom is 0.315 e. The van der Waals surface area contributed by atoms with Gasteiger partial charge in [0.05, 0.1) is 19.2 Å². The van der Waals surface area contributed by atoms with Crippen molar-refractivity contribution < 1.29 is 14.3 Å². The van der Waals surface area contributed by atoms with Crippen LogP contribution in [0.25, 0.3) is 0 Å². The number of rotatable bonds is 4. The predicted molar refractivity (Wildman–Crippen MR) is 102 cm³/mol. The van der Waals surface area contributed by atoms with Crippen molar-refractivity contribution in [1.82, 2.24) is 15.6 Å². The lowest BCUT2D eigenvalue weighted by Gasteiger charge is -2.28. The first-order valence-electron chi connectivity index (χ1n) is 9.50. The van der Waals surface area contributed by atoms with Crippen molar-refractivity contribution in [3.63, 3.8) is 0 Å². The fourth-order valence-electron chi connectivity index (χ4n) is 4.05. The zero-order valence-corrected chi connectivity index (χ0v) is 15.5. The van der Waals surface area contributed by atoms with Gasteiger partial charge in [-0.15, -0.1) is 0 Å². The number of benzene rings is 1. The van der Waals surface area contributed by atoms with Gasteiger partial charge in [-0.1, -0.05) is 12.1 Å². The number of hydrogen-bond acceptors (Lipinski definition) is 4. The van der Waals surface area contributed by atoms with Gasteiger partial charge in [0.2, 0.25) is 0 Å². The molecule has 6 heteroatoms. The van der Waals surface area contributed by atoms with Gasteiger partial charge in [-0.05, 0) is 55.0 Å². The van der Waals surface area contributed by atoms with Gasteiger partial charge >= 0.3 is 6.03 Å². The molecular weight excluding hydrogens is 342 g/mol. The molecule has 1 aliphatic carbocycles. The van der Waals surface area contributed by atoms with Gasteiger partial charge in [-0.3, -0.25) is 4.98 Å². The van der Waals surface area contributed by atoms with Gasteiger partial charge in [0, 0.05) is 24.6 Å². The number of urea groups is 1. The second-order valence-electron chi connectivity index (χ2n) is 7.10. The Morgan fingerprint density at radius 3 is 3.00 bits per heavy atom. The average molecular weight is 367 g/mol. The van der Waals surface area contributed by atoms with Crippen LogP contribution in [0.15, 0.2) is 42.7 Å². The van der Waals surface area contributed by atoms with Crippen molar-refractivity contribution >= 4 is 6.03 Å². The summed E-state index contributed by atoms with van der Waals surface area (Å²) < 4.78 is 11.1. The van der Waals surface area contributed by atoms with E-state index in [1.165, 1.54) is 11.1 Å². The number of carbonyl (C=O) groups excluding carboxylic acids is 1. The summed E-state index contributed by atoms with van der Waals surface area (Å²) >= 11 is 0. The molecule has 2 aliphatic rings. The minimum Gasteiger partial charge on any atom is -0.497 e. The van der Waals surface area contributed by atoms with Gasteiger partial charge < -0.3 is 20.1 Å². The molecule has 6 nitrogen and oxygen atoms in total. The first kappa shape index (κ1) is 17.8. The number of nitrogens with zero attached hydrogens (tertiary/aromatic N) is 1. The predicted octanol–water partition coefficient (Wildman–Crippen LogP) is 3.30. The molecule has 2 heterocycles. The molecule has 0 bridgehead atoms. The van der Waals surface area contributed by atoms with Gasteiger partial charge in [0.15, 0.2) is 0 Å². The average Bonchev–Trinajstić information content (AvgIpc) is 3.16. The van der Waals surface area contributed by atoms with Crippen LogP contribution in [0.3, 0.4) is 0 Å².